The molecule has 4 heteroatoms. The SMILES string of the molecule is CCCCO[C@@H](C)COc1ccc(C(=O)O)cc1. The Bertz CT molecular complexity index is 359. The molecular weight excluding hydrogens is 232 g/mol. The van der Waals surface area contributed by atoms with Gasteiger partial charge >= 0.3 is 5.97 Å². The van der Waals surface area contributed by atoms with Crippen molar-refractivity contribution in [2.24, 2.45) is 0 Å². The fourth-order valence-corrected chi connectivity index (χ4v) is 1.38. The van der Waals surface area contributed by atoms with Crippen molar-refractivity contribution < 1.29 is 19.4 Å². The molecule has 0 fully saturated rings. The Labute approximate surface area is 108 Å². The van der Waals surface area contributed by atoms with Crippen molar-refractivity contribution in [3.63, 3.8) is 0 Å². The van der Waals surface area contributed by atoms with Crippen molar-refractivity contribution in [3.05, 3.63) is 29.8 Å². The van der Waals surface area contributed by atoms with Crippen molar-refractivity contribution in [2.45, 2.75) is 32.8 Å². The summed E-state index contributed by atoms with van der Waals surface area (Å²) in [6.07, 6.45) is 2.21. The monoisotopic (exact) mass is 252 g/mol. The zero-order chi connectivity index (χ0) is 13.4. The fourth-order valence-electron chi connectivity index (χ4n) is 1.38. The standard InChI is InChI=1S/C14H20O4/c1-3-4-9-17-11(2)10-18-13-7-5-12(6-8-13)14(15)16/h5-8,11H,3-4,9-10H2,1-2H3,(H,15,16)/t11-/m0/s1. The Morgan fingerprint density at radius 1 is 1.33 bits per heavy atom. The molecule has 0 heterocycles. The molecule has 100 valence electrons. The summed E-state index contributed by atoms with van der Waals surface area (Å²) in [6, 6.07) is 6.37. The molecular formula is C14H20O4. The summed E-state index contributed by atoms with van der Waals surface area (Å²) in [7, 11) is 0. The zero-order valence-corrected chi connectivity index (χ0v) is 10.9. The maximum absolute atomic E-state index is 10.7. The predicted octanol–water partition coefficient (Wildman–Crippen LogP) is 2.97. The van der Waals surface area contributed by atoms with Crippen LogP contribution in [0.1, 0.15) is 37.0 Å². The van der Waals surface area contributed by atoms with Crippen molar-refractivity contribution >= 4 is 5.97 Å². The van der Waals surface area contributed by atoms with Crippen LogP contribution in [0, 0.1) is 0 Å². The van der Waals surface area contributed by atoms with Crippen molar-refractivity contribution in [2.75, 3.05) is 13.2 Å². The summed E-state index contributed by atoms with van der Waals surface area (Å²) in [5.74, 6) is -0.274. The van der Waals surface area contributed by atoms with E-state index in [1.54, 1.807) is 12.1 Å². The van der Waals surface area contributed by atoms with E-state index >= 15 is 0 Å². The Hall–Kier alpha value is -1.55. The van der Waals surface area contributed by atoms with Gasteiger partial charge in [-0.25, -0.2) is 4.79 Å². The number of carboxylic acid groups (broad SMARTS) is 1. The molecule has 0 aromatic heterocycles. The van der Waals surface area contributed by atoms with E-state index in [4.69, 9.17) is 14.6 Å². The number of benzene rings is 1. The van der Waals surface area contributed by atoms with Gasteiger partial charge in [0, 0.05) is 6.61 Å². The molecule has 1 aromatic carbocycles. The maximum Gasteiger partial charge on any atom is 0.335 e. The van der Waals surface area contributed by atoms with Gasteiger partial charge in [-0.3, -0.25) is 0 Å². The Morgan fingerprint density at radius 3 is 2.56 bits per heavy atom. The molecule has 0 saturated carbocycles. The zero-order valence-electron chi connectivity index (χ0n) is 10.9. The minimum absolute atomic E-state index is 0.0377. The summed E-state index contributed by atoms with van der Waals surface area (Å²) < 4.78 is 11.1. The summed E-state index contributed by atoms with van der Waals surface area (Å²) in [6.45, 7) is 5.30. The van der Waals surface area contributed by atoms with Crippen LogP contribution in [0.15, 0.2) is 24.3 Å². The summed E-state index contributed by atoms with van der Waals surface area (Å²) in [5, 5.41) is 8.75. The van der Waals surface area contributed by atoms with Crippen LogP contribution in [0.5, 0.6) is 5.75 Å². The Balaban J connectivity index is 2.32. The number of ether oxygens (including phenoxy) is 2. The molecule has 1 N–H and O–H groups in total. The molecule has 0 unspecified atom stereocenters. The van der Waals surface area contributed by atoms with Gasteiger partial charge in [0.15, 0.2) is 0 Å². The van der Waals surface area contributed by atoms with Crippen LogP contribution in [0.2, 0.25) is 0 Å². The Morgan fingerprint density at radius 2 is 2.00 bits per heavy atom. The van der Waals surface area contributed by atoms with Gasteiger partial charge in [0.25, 0.3) is 0 Å². The van der Waals surface area contributed by atoms with Crippen molar-refractivity contribution in [1.29, 1.82) is 0 Å². The topological polar surface area (TPSA) is 55.8 Å². The molecule has 4 nitrogen and oxygen atoms in total. The second kappa shape index (κ2) is 7.71. The van der Waals surface area contributed by atoms with Crippen LogP contribution in [0.25, 0.3) is 0 Å². The number of aromatic carboxylic acids is 1. The van der Waals surface area contributed by atoms with E-state index in [1.165, 1.54) is 12.1 Å². The van der Waals surface area contributed by atoms with E-state index in [0.717, 1.165) is 19.4 Å². The van der Waals surface area contributed by atoms with Gasteiger partial charge < -0.3 is 14.6 Å². The lowest BCUT2D eigenvalue weighted by Crippen LogP contribution is -2.18. The van der Waals surface area contributed by atoms with Crippen LogP contribution in [0.3, 0.4) is 0 Å². The minimum Gasteiger partial charge on any atom is -0.491 e. The molecule has 0 saturated heterocycles. The lowest BCUT2D eigenvalue weighted by Gasteiger charge is -2.14. The van der Waals surface area contributed by atoms with Gasteiger partial charge in [-0.15, -0.1) is 0 Å². The van der Waals surface area contributed by atoms with Gasteiger partial charge in [0.2, 0.25) is 0 Å². The van der Waals surface area contributed by atoms with Gasteiger partial charge in [0.1, 0.15) is 12.4 Å². The van der Waals surface area contributed by atoms with Crippen molar-refractivity contribution in [1.82, 2.24) is 0 Å². The molecule has 0 amide bonds. The number of carbonyl (C=O) groups is 1. The third kappa shape index (κ3) is 5.19. The number of carboxylic acids is 1. The van der Waals surface area contributed by atoms with Gasteiger partial charge in [-0.05, 0) is 37.6 Å². The minimum atomic E-state index is -0.933. The highest BCUT2D eigenvalue weighted by Crippen LogP contribution is 2.12. The highest BCUT2D eigenvalue weighted by molar-refractivity contribution is 5.87. The average molecular weight is 252 g/mol. The second-order valence-corrected chi connectivity index (χ2v) is 4.18. The third-order valence-corrected chi connectivity index (χ3v) is 2.49. The Kier molecular flexibility index (Phi) is 6.22. The van der Waals surface area contributed by atoms with Crippen LogP contribution in [-0.4, -0.2) is 30.4 Å². The summed E-state index contributed by atoms with van der Waals surface area (Å²) in [5.41, 5.74) is 0.259. The van der Waals surface area contributed by atoms with Gasteiger partial charge in [-0.1, -0.05) is 13.3 Å². The van der Waals surface area contributed by atoms with Crippen LogP contribution in [-0.2, 0) is 4.74 Å². The largest absolute Gasteiger partial charge is 0.491 e. The van der Waals surface area contributed by atoms with Crippen molar-refractivity contribution in [3.8, 4) is 5.75 Å². The van der Waals surface area contributed by atoms with Gasteiger partial charge in [-0.2, -0.15) is 0 Å². The number of hydrogen-bond donors (Lipinski definition) is 1. The molecule has 1 atom stereocenters. The lowest BCUT2D eigenvalue weighted by atomic mass is 10.2. The van der Waals surface area contributed by atoms with Crippen LogP contribution < -0.4 is 4.74 Å². The lowest BCUT2D eigenvalue weighted by molar-refractivity contribution is 0.0308. The summed E-state index contributed by atoms with van der Waals surface area (Å²) in [4.78, 5) is 10.7. The molecule has 0 aliphatic rings. The molecule has 0 spiro atoms. The molecule has 18 heavy (non-hydrogen) atoms. The normalized spacial score (nSPS) is 12.1. The smallest absolute Gasteiger partial charge is 0.335 e. The molecule has 0 bridgehead atoms. The van der Waals surface area contributed by atoms with E-state index in [2.05, 4.69) is 6.92 Å². The fraction of sp³-hybridized carbons (Fsp3) is 0.500. The first-order chi connectivity index (χ1) is 8.63. The third-order valence-electron chi connectivity index (χ3n) is 2.49. The van der Waals surface area contributed by atoms with E-state index in [0.29, 0.717) is 12.4 Å². The number of hydrogen-bond acceptors (Lipinski definition) is 3. The highest BCUT2D eigenvalue weighted by Gasteiger charge is 2.05. The first-order valence-corrected chi connectivity index (χ1v) is 6.21. The molecule has 0 radical (unpaired) electrons. The van der Waals surface area contributed by atoms with E-state index in [9.17, 15) is 4.79 Å². The number of rotatable bonds is 8. The second-order valence-electron chi connectivity index (χ2n) is 4.18. The molecule has 1 aromatic rings. The first-order valence-electron chi connectivity index (χ1n) is 6.21. The van der Waals surface area contributed by atoms with Crippen LogP contribution in [0.4, 0.5) is 0 Å². The van der Waals surface area contributed by atoms with Crippen LogP contribution >= 0.6 is 0 Å². The first kappa shape index (κ1) is 14.5. The number of unbranched alkanes of at least 4 members (excludes halogenated alkanes) is 1. The van der Waals surface area contributed by atoms with E-state index < -0.39 is 5.97 Å². The van der Waals surface area contributed by atoms with E-state index in [1.807, 2.05) is 6.92 Å². The average Bonchev–Trinajstić information content (AvgIpc) is 2.37. The van der Waals surface area contributed by atoms with Gasteiger partial charge in [0.05, 0.1) is 11.7 Å². The highest BCUT2D eigenvalue weighted by atomic mass is 16.5. The quantitative estimate of drug-likeness (QED) is 0.723. The molecule has 0 aliphatic heterocycles. The maximum atomic E-state index is 10.7. The molecule has 0 aliphatic carbocycles. The summed E-state index contributed by atoms with van der Waals surface area (Å²) >= 11 is 0. The predicted molar refractivity (Wildman–Crippen MR) is 69.2 cm³/mol. The van der Waals surface area contributed by atoms with E-state index in [-0.39, 0.29) is 11.7 Å². The molecule has 1 rings (SSSR count).